The minimum absolute atomic E-state index is 0.102. The summed E-state index contributed by atoms with van der Waals surface area (Å²) in [5.41, 5.74) is 1.93. The highest BCUT2D eigenvalue weighted by molar-refractivity contribution is 7.90. The van der Waals surface area contributed by atoms with E-state index in [1.807, 2.05) is 6.92 Å². The van der Waals surface area contributed by atoms with Crippen molar-refractivity contribution in [2.24, 2.45) is 0 Å². The molecule has 0 saturated heterocycles. The van der Waals surface area contributed by atoms with E-state index in [2.05, 4.69) is 10.1 Å². The van der Waals surface area contributed by atoms with Crippen LogP contribution in [0.1, 0.15) is 17.7 Å². The van der Waals surface area contributed by atoms with Crippen LogP contribution < -0.4 is 4.74 Å². The van der Waals surface area contributed by atoms with E-state index in [1.165, 1.54) is 29.1 Å². The second-order valence-corrected chi connectivity index (χ2v) is 7.94. The lowest BCUT2D eigenvalue weighted by atomic mass is 10.1. The highest BCUT2D eigenvalue weighted by atomic mass is 32.2. The van der Waals surface area contributed by atoms with Crippen molar-refractivity contribution in [1.29, 1.82) is 0 Å². The van der Waals surface area contributed by atoms with Gasteiger partial charge in [0.2, 0.25) is 0 Å². The number of benzene rings is 1. The zero-order chi connectivity index (χ0) is 19.8. The topological polar surface area (TPSA) is 74.1 Å². The van der Waals surface area contributed by atoms with Crippen molar-refractivity contribution in [1.82, 2.24) is 14.8 Å². The minimum Gasteiger partial charge on any atom is -0.496 e. The van der Waals surface area contributed by atoms with Crippen LogP contribution in [0, 0.1) is 6.92 Å². The Morgan fingerprint density at radius 3 is 2.41 bits per heavy atom. The van der Waals surface area contributed by atoms with Crippen LogP contribution >= 0.6 is 0 Å². The van der Waals surface area contributed by atoms with Crippen LogP contribution in [0.15, 0.2) is 47.6 Å². The molecule has 0 aliphatic heterocycles. The normalized spacial score (nSPS) is 11.8. The molecule has 0 aliphatic rings. The van der Waals surface area contributed by atoms with Gasteiger partial charge in [-0.05, 0) is 48.9 Å². The molecule has 0 spiro atoms. The first-order valence-electron chi connectivity index (χ1n) is 7.90. The van der Waals surface area contributed by atoms with E-state index < -0.39 is 16.3 Å². The van der Waals surface area contributed by atoms with Crippen molar-refractivity contribution in [3.63, 3.8) is 0 Å². The Kier molecular flexibility index (Phi) is 4.97. The number of aryl methyl sites for hydroxylation is 1. The molecule has 0 fully saturated rings. The Hall–Kier alpha value is -2.81. The first kappa shape index (κ1) is 19.0. The van der Waals surface area contributed by atoms with Gasteiger partial charge in [-0.1, -0.05) is 0 Å². The smallest absolute Gasteiger partial charge is 0.282 e. The Labute approximate surface area is 155 Å². The zero-order valence-electron chi connectivity index (χ0n) is 14.8. The average molecular weight is 393 g/mol. The van der Waals surface area contributed by atoms with E-state index in [0.29, 0.717) is 22.7 Å². The molecule has 3 rings (SSSR count). The van der Waals surface area contributed by atoms with Gasteiger partial charge in [-0.15, -0.1) is 0 Å². The molecule has 2 aromatic heterocycles. The van der Waals surface area contributed by atoms with Gasteiger partial charge in [0.1, 0.15) is 11.4 Å². The van der Waals surface area contributed by atoms with Gasteiger partial charge >= 0.3 is 0 Å². The molecule has 0 amide bonds. The molecule has 0 aliphatic carbocycles. The summed E-state index contributed by atoms with van der Waals surface area (Å²) in [6.07, 6.45) is -0.408. The van der Waals surface area contributed by atoms with Gasteiger partial charge in [0.15, 0.2) is 14.9 Å². The summed E-state index contributed by atoms with van der Waals surface area (Å²) in [4.78, 5) is 3.90. The maximum atomic E-state index is 13.2. The van der Waals surface area contributed by atoms with Crippen LogP contribution in [0.4, 0.5) is 8.78 Å². The predicted molar refractivity (Wildman–Crippen MR) is 96.2 cm³/mol. The van der Waals surface area contributed by atoms with E-state index >= 15 is 0 Å². The number of aromatic nitrogens is 3. The van der Waals surface area contributed by atoms with E-state index in [0.717, 1.165) is 11.8 Å². The fraction of sp³-hybridized carbons (Fsp3) is 0.222. The lowest BCUT2D eigenvalue weighted by molar-refractivity contribution is 0.145. The lowest BCUT2D eigenvalue weighted by Crippen LogP contribution is -2.04. The highest BCUT2D eigenvalue weighted by Crippen LogP contribution is 2.31. The van der Waals surface area contributed by atoms with Gasteiger partial charge in [0.05, 0.1) is 24.7 Å². The second-order valence-electron chi connectivity index (χ2n) is 5.98. The van der Waals surface area contributed by atoms with Crippen LogP contribution in [0.3, 0.4) is 0 Å². The van der Waals surface area contributed by atoms with Crippen LogP contribution in [0.2, 0.25) is 0 Å². The summed E-state index contributed by atoms with van der Waals surface area (Å²) >= 11 is 0. The number of ether oxygens (including phenoxy) is 1. The largest absolute Gasteiger partial charge is 0.496 e. The summed E-state index contributed by atoms with van der Waals surface area (Å²) in [7, 11) is -1.91. The SMILES string of the molecule is COc1ccc(-c2cc(C(F)F)nn2-c2ccc(S(C)(=O)=O)nc2)cc1C. The first-order chi connectivity index (χ1) is 12.7. The van der Waals surface area contributed by atoms with Crippen molar-refractivity contribution < 1.29 is 21.9 Å². The van der Waals surface area contributed by atoms with Crippen LogP contribution in [-0.4, -0.2) is 36.5 Å². The Morgan fingerprint density at radius 2 is 1.89 bits per heavy atom. The molecule has 9 heteroatoms. The molecule has 0 N–H and O–H groups in total. The highest BCUT2D eigenvalue weighted by Gasteiger charge is 2.19. The summed E-state index contributed by atoms with van der Waals surface area (Å²) in [5, 5.41) is 3.86. The predicted octanol–water partition coefficient (Wildman–Crippen LogP) is 3.59. The number of halogens is 2. The zero-order valence-corrected chi connectivity index (χ0v) is 15.7. The number of nitrogens with zero attached hydrogens (tertiary/aromatic N) is 3. The molecule has 3 aromatic rings. The van der Waals surface area contributed by atoms with Gasteiger partial charge in [-0.2, -0.15) is 5.10 Å². The van der Waals surface area contributed by atoms with Gasteiger partial charge in [0, 0.05) is 11.8 Å². The van der Waals surface area contributed by atoms with Crippen molar-refractivity contribution in [2.75, 3.05) is 13.4 Å². The number of sulfone groups is 1. The summed E-state index contributed by atoms with van der Waals surface area (Å²) in [6, 6.07) is 9.39. The maximum absolute atomic E-state index is 13.2. The Morgan fingerprint density at radius 1 is 1.15 bits per heavy atom. The molecule has 0 bridgehead atoms. The summed E-state index contributed by atoms with van der Waals surface area (Å²) < 4.78 is 56.1. The number of alkyl halides is 2. The van der Waals surface area contributed by atoms with Crippen LogP contribution in [0.5, 0.6) is 5.75 Å². The maximum Gasteiger partial charge on any atom is 0.282 e. The lowest BCUT2D eigenvalue weighted by Gasteiger charge is -2.10. The number of pyridine rings is 1. The van der Waals surface area contributed by atoms with Crippen LogP contribution in [0.25, 0.3) is 16.9 Å². The quantitative estimate of drug-likeness (QED) is 0.662. The standard InChI is InChI=1S/C18H17F2N3O3S/c1-11-8-12(4-6-16(11)26-2)15-9-14(18(19)20)22-23(15)13-5-7-17(21-10-13)27(3,24)25/h4-10,18H,1-3H3. The summed E-state index contributed by atoms with van der Waals surface area (Å²) in [5.74, 6) is 0.679. The molecule has 2 heterocycles. The van der Waals surface area contributed by atoms with Gasteiger partial charge in [-0.3, -0.25) is 0 Å². The summed E-state index contributed by atoms with van der Waals surface area (Å²) in [6.45, 7) is 1.85. The van der Waals surface area contributed by atoms with Crippen molar-refractivity contribution in [3.8, 4) is 22.7 Å². The number of methoxy groups -OCH3 is 1. The molecule has 27 heavy (non-hydrogen) atoms. The Bertz CT molecular complexity index is 1080. The van der Waals surface area contributed by atoms with E-state index in [1.54, 1.807) is 25.3 Å². The van der Waals surface area contributed by atoms with Gasteiger partial charge in [0.25, 0.3) is 6.43 Å². The Balaban J connectivity index is 2.14. The molecule has 6 nitrogen and oxygen atoms in total. The second kappa shape index (κ2) is 7.07. The fourth-order valence-corrected chi connectivity index (χ4v) is 3.22. The molecule has 0 unspecified atom stereocenters. The van der Waals surface area contributed by atoms with Crippen molar-refractivity contribution in [2.45, 2.75) is 18.4 Å². The number of hydrogen-bond donors (Lipinski definition) is 0. The molecule has 0 radical (unpaired) electrons. The molecule has 142 valence electrons. The van der Waals surface area contributed by atoms with Crippen molar-refractivity contribution >= 4 is 9.84 Å². The van der Waals surface area contributed by atoms with Crippen LogP contribution in [-0.2, 0) is 9.84 Å². The van der Waals surface area contributed by atoms with E-state index in [-0.39, 0.29) is 10.7 Å². The first-order valence-corrected chi connectivity index (χ1v) is 9.79. The molecular weight excluding hydrogens is 376 g/mol. The van der Waals surface area contributed by atoms with E-state index in [9.17, 15) is 17.2 Å². The number of hydrogen-bond acceptors (Lipinski definition) is 5. The number of rotatable bonds is 5. The molecule has 0 atom stereocenters. The van der Waals surface area contributed by atoms with E-state index in [4.69, 9.17) is 4.74 Å². The molecule has 1 aromatic carbocycles. The monoisotopic (exact) mass is 393 g/mol. The minimum atomic E-state index is -3.46. The molecule has 0 saturated carbocycles. The van der Waals surface area contributed by atoms with Gasteiger partial charge < -0.3 is 4.74 Å². The molecular formula is C18H17F2N3O3S. The van der Waals surface area contributed by atoms with Gasteiger partial charge in [-0.25, -0.2) is 26.9 Å². The van der Waals surface area contributed by atoms with Crippen molar-refractivity contribution in [3.05, 3.63) is 53.9 Å². The average Bonchev–Trinajstić information content (AvgIpc) is 3.06. The third-order valence-corrected chi connectivity index (χ3v) is 4.99. The third-order valence-electron chi connectivity index (χ3n) is 3.99. The third kappa shape index (κ3) is 3.82. The fourth-order valence-electron chi connectivity index (χ4n) is 2.66.